The Hall–Kier alpha value is -2.89. The number of anilines is 3. The topological polar surface area (TPSA) is 60.9 Å². The molecule has 0 aromatic heterocycles. The van der Waals surface area contributed by atoms with Crippen molar-refractivity contribution in [1.82, 2.24) is 0 Å². The second-order valence-corrected chi connectivity index (χ2v) is 7.50. The molecule has 2 aromatic carbocycles. The molecule has 1 aliphatic carbocycles. The molecule has 4 rings (SSSR count). The van der Waals surface area contributed by atoms with Gasteiger partial charge in [-0.1, -0.05) is 12.1 Å². The summed E-state index contributed by atoms with van der Waals surface area (Å²) in [5, 5.41) is 8.82. The van der Waals surface area contributed by atoms with Crippen molar-refractivity contribution in [3.63, 3.8) is 0 Å². The van der Waals surface area contributed by atoms with Gasteiger partial charge in [0.2, 0.25) is 5.91 Å². The van der Waals surface area contributed by atoms with Crippen LogP contribution < -0.4 is 9.80 Å². The number of hydrogen-bond acceptors (Lipinski definition) is 3. The van der Waals surface area contributed by atoms with E-state index in [4.69, 9.17) is 5.11 Å². The fourth-order valence-corrected chi connectivity index (χ4v) is 3.83. The number of nitrogens with zero attached hydrogens (tertiary/aromatic N) is 2. The van der Waals surface area contributed by atoms with Crippen molar-refractivity contribution in [3.05, 3.63) is 53.3 Å². The summed E-state index contributed by atoms with van der Waals surface area (Å²) in [5.74, 6) is -1.16. The van der Waals surface area contributed by atoms with Gasteiger partial charge in [-0.15, -0.1) is 0 Å². The highest BCUT2D eigenvalue weighted by atomic mass is 19.1. The zero-order valence-electron chi connectivity index (χ0n) is 15.3. The van der Waals surface area contributed by atoms with Gasteiger partial charge in [0.05, 0.1) is 16.8 Å². The Bertz CT molecular complexity index is 933. The lowest BCUT2D eigenvalue weighted by atomic mass is 9.97. The Morgan fingerprint density at radius 1 is 1.22 bits per heavy atom. The summed E-state index contributed by atoms with van der Waals surface area (Å²) < 4.78 is 14.5. The van der Waals surface area contributed by atoms with Crippen LogP contribution in [0.4, 0.5) is 21.5 Å². The van der Waals surface area contributed by atoms with E-state index in [1.54, 1.807) is 30.0 Å². The third-order valence-electron chi connectivity index (χ3n) is 5.49. The van der Waals surface area contributed by atoms with Crippen LogP contribution in [-0.4, -0.2) is 31.1 Å². The maximum atomic E-state index is 14.5. The minimum atomic E-state index is -0.836. The summed E-state index contributed by atoms with van der Waals surface area (Å²) in [6.45, 7) is 0. The number of carboxylic acid groups (broad SMARTS) is 1. The van der Waals surface area contributed by atoms with E-state index in [-0.39, 0.29) is 18.1 Å². The lowest BCUT2D eigenvalue weighted by molar-refractivity contribution is -0.137. The zero-order chi connectivity index (χ0) is 19.3. The van der Waals surface area contributed by atoms with E-state index in [0.29, 0.717) is 12.1 Å². The zero-order valence-corrected chi connectivity index (χ0v) is 15.3. The predicted octanol–water partition coefficient (Wildman–Crippen LogP) is 3.62. The molecule has 27 heavy (non-hydrogen) atoms. The SMILES string of the molecule is CN(C)c1cc2c(cc1F)C1(CC1)C(=O)N2c1ccc(CCC(=O)O)cc1. The van der Waals surface area contributed by atoms with Gasteiger partial charge < -0.3 is 10.0 Å². The number of amides is 1. The fraction of sp³-hybridized carbons (Fsp3) is 0.333. The Kier molecular flexibility index (Phi) is 3.94. The summed E-state index contributed by atoms with van der Waals surface area (Å²) in [6, 6.07) is 10.6. The van der Waals surface area contributed by atoms with Gasteiger partial charge in [0.1, 0.15) is 5.82 Å². The average molecular weight is 368 g/mol. The highest BCUT2D eigenvalue weighted by Gasteiger charge is 2.59. The van der Waals surface area contributed by atoms with Gasteiger partial charge in [-0.2, -0.15) is 0 Å². The van der Waals surface area contributed by atoms with Crippen molar-refractivity contribution in [2.75, 3.05) is 23.9 Å². The van der Waals surface area contributed by atoms with Gasteiger partial charge >= 0.3 is 5.97 Å². The molecular weight excluding hydrogens is 347 g/mol. The monoisotopic (exact) mass is 368 g/mol. The minimum absolute atomic E-state index is 0.00825. The standard InChI is InChI=1S/C21H21FN2O3/c1-23(2)18-12-17-15(11-16(18)22)21(9-10-21)20(27)24(17)14-6-3-13(4-7-14)5-8-19(25)26/h3-4,6-7,11-12H,5,8-10H2,1-2H3,(H,25,26). The number of carbonyl (C=O) groups excluding carboxylic acids is 1. The molecule has 0 saturated heterocycles. The number of carbonyl (C=O) groups is 2. The van der Waals surface area contributed by atoms with Crippen LogP contribution in [0.1, 0.15) is 30.4 Å². The van der Waals surface area contributed by atoms with Crippen molar-refractivity contribution >= 4 is 28.9 Å². The first kappa shape index (κ1) is 17.5. The van der Waals surface area contributed by atoms with Crippen LogP contribution in [0.25, 0.3) is 0 Å². The van der Waals surface area contributed by atoms with Crippen LogP contribution in [-0.2, 0) is 21.4 Å². The minimum Gasteiger partial charge on any atom is -0.481 e. The molecule has 0 unspecified atom stereocenters. The van der Waals surface area contributed by atoms with E-state index in [9.17, 15) is 14.0 Å². The van der Waals surface area contributed by atoms with Crippen molar-refractivity contribution in [2.24, 2.45) is 0 Å². The molecule has 2 aromatic rings. The number of hydrogen-bond donors (Lipinski definition) is 1. The summed E-state index contributed by atoms with van der Waals surface area (Å²) in [6.07, 6.45) is 2.00. The normalized spacial score (nSPS) is 16.6. The maximum absolute atomic E-state index is 14.5. The number of aliphatic carboxylic acids is 1. The molecule has 1 aliphatic heterocycles. The van der Waals surface area contributed by atoms with E-state index in [0.717, 1.165) is 35.3 Å². The average Bonchev–Trinajstić information content (AvgIpc) is 3.39. The van der Waals surface area contributed by atoms with Crippen LogP contribution in [0.3, 0.4) is 0 Å². The van der Waals surface area contributed by atoms with E-state index in [1.165, 1.54) is 6.07 Å². The summed E-state index contributed by atoms with van der Waals surface area (Å²) in [4.78, 5) is 27.3. The molecule has 1 heterocycles. The van der Waals surface area contributed by atoms with E-state index in [2.05, 4.69) is 0 Å². The van der Waals surface area contributed by atoms with Crippen molar-refractivity contribution < 1.29 is 19.1 Å². The van der Waals surface area contributed by atoms with Crippen LogP contribution in [0.2, 0.25) is 0 Å². The molecule has 1 fully saturated rings. The third-order valence-corrected chi connectivity index (χ3v) is 5.49. The predicted molar refractivity (Wildman–Crippen MR) is 101 cm³/mol. The Labute approximate surface area is 157 Å². The van der Waals surface area contributed by atoms with Crippen molar-refractivity contribution in [3.8, 4) is 0 Å². The van der Waals surface area contributed by atoms with Crippen LogP contribution in [0.15, 0.2) is 36.4 Å². The Morgan fingerprint density at radius 3 is 2.44 bits per heavy atom. The van der Waals surface area contributed by atoms with Gasteiger partial charge in [-0.25, -0.2) is 4.39 Å². The summed E-state index contributed by atoms with van der Waals surface area (Å²) in [5.41, 5.74) is 3.00. The van der Waals surface area contributed by atoms with Crippen molar-refractivity contribution in [1.29, 1.82) is 0 Å². The molecular formula is C21H21FN2O3. The Balaban J connectivity index is 1.73. The lowest BCUT2D eigenvalue weighted by Crippen LogP contribution is -2.27. The fourth-order valence-electron chi connectivity index (χ4n) is 3.83. The molecule has 5 nitrogen and oxygen atoms in total. The smallest absolute Gasteiger partial charge is 0.303 e. The molecule has 0 radical (unpaired) electrons. The number of benzene rings is 2. The molecule has 1 spiro atoms. The third kappa shape index (κ3) is 2.76. The second-order valence-electron chi connectivity index (χ2n) is 7.50. The largest absolute Gasteiger partial charge is 0.481 e. The quantitative estimate of drug-likeness (QED) is 0.876. The van der Waals surface area contributed by atoms with E-state index in [1.807, 2.05) is 24.3 Å². The van der Waals surface area contributed by atoms with Gasteiger partial charge in [0.15, 0.2) is 0 Å². The molecule has 1 N–H and O–H groups in total. The molecule has 2 aliphatic rings. The number of fused-ring (bicyclic) bond motifs is 2. The summed E-state index contributed by atoms with van der Waals surface area (Å²) >= 11 is 0. The maximum Gasteiger partial charge on any atom is 0.303 e. The summed E-state index contributed by atoms with van der Waals surface area (Å²) in [7, 11) is 3.55. The van der Waals surface area contributed by atoms with Crippen LogP contribution in [0.5, 0.6) is 0 Å². The molecule has 140 valence electrons. The van der Waals surface area contributed by atoms with E-state index >= 15 is 0 Å². The van der Waals surface area contributed by atoms with E-state index < -0.39 is 11.4 Å². The molecule has 0 atom stereocenters. The number of rotatable bonds is 5. The highest BCUT2D eigenvalue weighted by Crippen LogP contribution is 2.59. The number of carboxylic acids is 1. The van der Waals surface area contributed by atoms with Gasteiger partial charge in [0, 0.05) is 26.2 Å². The molecule has 1 saturated carbocycles. The van der Waals surface area contributed by atoms with Gasteiger partial charge in [0.25, 0.3) is 0 Å². The van der Waals surface area contributed by atoms with Gasteiger partial charge in [-0.3, -0.25) is 14.5 Å². The first-order valence-electron chi connectivity index (χ1n) is 9.00. The first-order chi connectivity index (χ1) is 12.8. The number of halogens is 1. The van der Waals surface area contributed by atoms with Crippen molar-refractivity contribution in [2.45, 2.75) is 31.1 Å². The second kappa shape index (κ2) is 6.08. The number of aryl methyl sites for hydroxylation is 1. The molecule has 1 amide bonds. The molecule has 0 bridgehead atoms. The Morgan fingerprint density at radius 2 is 1.89 bits per heavy atom. The van der Waals surface area contributed by atoms with Gasteiger partial charge in [-0.05, 0) is 54.7 Å². The molecule has 6 heteroatoms. The lowest BCUT2D eigenvalue weighted by Gasteiger charge is -2.21. The first-order valence-corrected chi connectivity index (χ1v) is 9.00. The van der Waals surface area contributed by atoms with Crippen LogP contribution >= 0.6 is 0 Å². The van der Waals surface area contributed by atoms with Crippen LogP contribution in [0, 0.1) is 5.82 Å². The highest BCUT2D eigenvalue weighted by molar-refractivity contribution is 6.15.